The Labute approximate surface area is 290 Å². The molecule has 0 bridgehead atoms. The number of hydrogen-bond donors (Lipinski definition) is 0. The van der Waals surface area contributed by atoms with E-state index < -0.39 is 6.10 Å². The quantitative estimate of drug-likeness (QED) is 0.0291. The third-order valence-electron chi connectivity index (χ3n) is 8.46. The monoisotopic (exact) mass is 663 g/mol. The Kier molecular flexibility index (Phi) is 35.1. The van der Waals surface area contributed by atoms with Crippen LogP contribution in [0.15, 0.2) is 24.3 Å². The molecule has 0 radical (unpaired) electrons. The highest BCUT2D eigenvalue weighted by Gasteiger charge is 2.19. The SMILES string of the molecule is CCCCCC/C=C\C/C=C\CCCCCCCC(=O)OCC(COC(=O)CCCCCCC)OC(=O)CCCCCCCCCC. The van der Waals surface area contributed by atoms with E-state index in [2.05, 4.69) is 45.1 Å². The van der Waals surface area contributed by atoms with Crippen molar-refractivity contribution in [3.63, 3.8) is 0 Å². The van der Waals surface area contributed by atoms with Gasteiger partial charge in [0.1, 0.15) is 13.2 Å². The van der Waals surface area contributed by atoms with E-state index in [1.807, 2.05) is 0 Å². The molecule has 1 atom stereocenters. The molecule has 6 nitrogen and oxygen atoms in total. The van der Waals surface area contributed by atoms with Crippen molar-refractivity contribution in [2.45, 2.75) is 207 Å². The van der Waals surface area contributed by atoms with Gasteiger partial charge in [-0.2, -0.15) is 0 Å². The fourth-order valence-corrected chi connectivity index (χ4v) is 5.41. The van der Waals surface area contributed by atoms with Crippen LogP contribution in [0, 0.1) is 0 Å². The Morgan fingerprint density at radius 1 is 0.426 bits per heavy atom. The molecule has 0 spiro atoms. The van der Waals surface area contributed by atoms with Gasteiger partial charge in [-0.05, 0) is 51.4 Å². The van der Waals surface area contributed by atoms with Crippen LogP contribution < -0.4 is 0 Å². The summed E-state index contributed by atoms with van der Waals surface area (Å²) in [7, 11) is 0. The van der Waals surface area contributed by atoms with Gasteiger partial charge in [-0.25, -0.2) is 0 Å². The maximum absolute atomic E-state index is 12.5. The Balaban J connectivity index is 4.23. The number of unbranched alkanes of at least 4 members (excludes halogenated alkanes) is 20. The normalized spacial score (nSPS) is 12.1. The summed E-state index contributed by atoms with van der Waals surface area (Å²) in [5, 5.41) is 0. The molecular weight excluding hydrogens is 588 g/mol. The number of allylic oxidation sites excluding steroid dienone is 4. The molecule has 0 fully saturated rings. The first-order valence-electron chi connectivity index (χ1n) is 19.8. The van der Waals surface area contributed by atoms with Gasteiger partial charge >= 0.3 is 17.9 Å². The van der Waals surface area contributed by atoms with Gasteiger partial charge in [0.05, 0.1) is 0 Å². The van der Waals surface area contributed by atoms with E-state index in [9.17, 15) is 14.4 Å². The molecule has 0 saturated carbocycles. The van der Waals surface area contributed by atoms with Crippen LogP contribution in [-0.4, -0.2) is 37.2 Å². The smallest absolute Gasteiger partial charge is 0.306 e. The van der Waals surface area contributed by atoms with Crippen molar-refractivity contribution in [3.05, 3.63) is 24.3 Å². The van der Waals surface area contributed by atoms with Crippen LogP contribution in [0.3, 0.4) is 0 Å². The van der Waals surface area contributed by atoms with Gasteiger partial charge in [-0.15, -0.1) is 0 Å². The summed E-state index contributed by atoms with van der Waals surface area (Å²) in [6.45, 7) is 6.47. The van der Waals surface area contributed by atoms with Crippen LogP contribution in [0.4, 0.5) is 0 Å². The highest BCUT2D eigenvalue weighted by molar-refractivity contribution is 5.71. The number of rotatable bonds is 35. The average Bonchev–Trinajstić information content (AvgIpc) is 3.06. The molecule has 47 heavy (non-hydrogen) atoms. The van der Waals surface area contributed by atoms with E-state index >= 15 is 0 Å². The second kappa shape index (κ2) is 36.7. The molecule has 0 N–H and O–H groups in total. The maximum atomic E-state index is 12.5. The van der Waals surface area contributed by atoms with E-state index in [0.29, 0.717) is 19.3 Å². The van der Waals surface area contributed by atoms with Crippen molar-refractivity contribution < 1.29 is 28.6 Å². The van der Waals surface area contributed by atoms with Gasteiger partial charge in [-0.1, -0.05) is 154 Å². The molecule has 0 saturated heterocycles. The summed E-state index contributed by atoms with van der Waals surface area (Å²) >= 11 is 0. The third kappa shape index (κ3) is 35.0. The molecule has 0 heterocycles. The number of carbonyl (C=O) groups is 3. The van der Waals surface area contributed by atoms with Gasteiger partial charge in [0.25, 0.3) is 0 Å². The Morgan fingerprint density at radius 3 is 1.19 bits per heavy atom. The predicted octanol–water partition coefficient (Wildman–Crippen LogP) is 12.1. The standard InChI is InChI=1S/C41H74O6/c1-4-7-10-13-15-17-18-19-20-21-22-23-24-26-28-31-34-40(43)46-37-38(36-45-39(42)33-30-27-12-9-6-3)47-41(44)35-32-29-25-16-14-11-8-5-2/h17-18,20-21,38H,4-16,19,22-37H2,1-3H3/b18-17-,21-20-. The maximum Gasteiger partial charge on any atom is 0.306 e. The predicted molar refractivity (Wildman–Crippen MR) is 196 cm³/mol. The highest BCUT2D eigenvalue weighted by Crippen LogP contribution is 2.13. The largest absolute Gasteiger partial charge is 0.462 e. The summed E-state index contributed by atoms with van der Waals surface area (Å²) in [5.74, 6) is -0.910. The minimum absolute atomic E-state index is 0.0754. The zero-order chi connectivity index (χ0) is 34.5. The summed E-state index contributed by atoms with van der Waals surface area (Å²) < 4.78 is 16.5. The molecule has 0 aromatic carbocycles. The number of hydrogen-bond acceptors (Lipinski definition) is 6. The van der Waals surface area contributed by atoms with E-state index in [1.165, 1.54) is 77.0 Å². The second-order valence-corrected chi connectivity index (χ2v) is 13.2. The van der Waals surface area contributed by atoms with Crippen molar-refractivity contribution in [3.8, 4) is 0 Å². The molecule has 0 aromatic heterocycles. The molecule has 0 rings (SSSR count). The zero-order valence-electron chi connectivity index (χ0n) is 31.0. The molecule has 0 aliphatic carbocycles. The van der Waals surface area contributed by atoms with Crippen LogP contribution in [-0.2, 0) is 28.6 Å². The second-order valence-electron chi connectivity index (χ2n) is 13.2. The minimum Gasteiger partial charge on any atom is -0.462 e. The molecule has 0 aliphatic heterocycles. The lowest BCUT2D eigenvalue weighted by atomic mass is 10.1. The Hall–Kier alpha value is -2.11. The first-order chi connectivity index (χ1) is 23.0. The van der Waals surface area contributed by atoms with Crippen molar-refractivity contribution in [1.82, 2.24) is 0 Å². The third-order valence-corrected chi connectivity index (χ3v) is 8.46. The lowest BCUT2D eigenvalue weighted by Gasteiger charge is -2.18. The lowest BCUT2D eigenvalue weighted by Crippen LogP contribution is -2.30. The van der Waals surface area contributed by atoms with Crippen LogP contribution in [0.1, 0.15) is 201 Å². The van der Waals surface area contributed by atoms with Crippen LogP contribution >= 0.6 is 0 Å². The van der Waals surface area contributed by atoms with Gasteiger partial charge in [0.2, 0.25) is 0 Å². The van der Waals surface area contributed by atoms with Crippen molar-refractivity contribution in [2.75, 3.05) is 13.2 Å². The van der Waals surface area contributed by atoms with Gasteiger partial charge in [-0.3, -0.25) is 14.4 Å². The van der Waals surface area contributed by atoms with Gasteiger partial charge in [0, 0.05) is 19.3 Å². The molecule has 6 heteroatoms. The molecule has 0 amide bonds. The summed E-state index contributed by atoms with van der Waals surface area (Å²) in [5.41, 5.74) is 0. The zero-order valence-corrected chi connectivity index (χ0v) is 31.0. The van der Waals surface area contributed by atoms with Crippen molar-refractivity contribution in [2.24, 2.45) is 0 Å². The highest BCUT2D eigenvalue weighted by atomic mass is 16.6. The van der Waals surface area contributed by atoms with Crippen LogP contribution in [0.2, 0.25) is 0 Å². The Morgan fingerprint density at radius 2 is 0.766 bits per heavy atom. The summed E-state index contributed by atoms with van der Waals surface area (Å²) in [4.78, 5) is 37.2. The molecule has 1 unspecified atom stereocenters. The first kappa shape index (κ1) is 44.9. The first-order valence-corrected chi connectivity index (χ1v) is 19.8. The fourth-order valence-electron chi connectivity index (χ4n) is 5.41. The van der Waals surface area contributed by atoms with Gasteiger partial charge < -0.3 is 14.2 Å². The molecule has 0 aliphatic rings. The lowest BCUT2D eigenvalue weighted by molar-refractivity contribution is -0.167. The van der Waals surface area contributed by atoms with E-state index in [1.54, 1.807) is 0 Å². The molecular formula is C41H74O6. The minimum atomic E-state index is -0.765. The van der Waals surface area contributed by atoms with Crippen LogP contribution in [0.5, 0.6) is 0 Å². The van der Waals surface area contributed by atoms with E-state index in [-0.39, 0.29) is 31.1 Å². The summed E-state index contributed by atoms with van der Waals surface area (Å²) in [6.07, 6.45) is 37.6. The fraction of sp³-hybridized carbons (Fsp3) is 0.829. The average molecular weight is 663 g/mol. The van der Waals surface area contributed by atoms with E-state index in [0.717, 1.165) is 83.5 Å². The van der Waals surface area contributed by atoms with Crippen molar-refractivity contribution >= 4 is 17.9 Å². The number of ether oxygens (including phenoxy) is 3. The molecule has 274 valence electrons. The van der Waals surface area contributed by atoms with Crippen molar-refractivity contribution in [1.29, 1.82) is 0 Å². The van der Waals surface area contributed by atoms with Gasteiger partial charge in [0.15, 0.2) is 6.10 Å². The van der Waals surface area contributed by atoms with E-state index in [4.69, 9.17) is 14.2 Å². The number of carbonyl (C=O) groups excluding carboxylic acids is 3. The number of esters is 3. The topological polar surface area (TPSA) is 78.9 Å². The Bertz CT molecular complexity index is 774. The summed E-state index contributed by atoms with van der Waals surface area (Å²) in [6, 6.07) is 0. The van der Waals surface area contributed by atoms with Crippen LogP contribution in [0.25, 0.3) is 0 Å². The molecule has 0 aromatic rings.